The van der Waals surface area contributed by atoms with Crippen LogP contribution in [0.4, 0.5) is 34.1 Å². The molecule has 0 radical (unpaired) electrons. The molecule has 0 aliphatic carbocycles. The number of nitrogens with zero attached hydrogens (tertiary/aromatic N) is 2. The summed E-state index contributed by atoms with van der Waals surface area (Å²) in [7, 11) is 0. The molecule has 0 aromatic heterocycles. The van der Waals surface area contributed by atoms with E-state index < -0.39 is 0 Å². The summed E-state index contributed by atoms with van der Waals surface area (Å²) >= 11 is 0. The van der Waals surface area contributed by atoms with E-state index in [0.29, 0.717) is 0 Å². The third-order valence-electron chi connectivity index (χ3n) is 8.80. The minimum absolute atomic E-state index is 0.0324. The SMILES string of the molecule is c1ccc(-c2cc3c4c(c2)N2c5ccccc5Oc5cccc(c52)B4c2cccc4c2N3c2ccccc2O4)cc1. The second kappa shape index (κ2) is 7.61. The van der Waals surface area contributed by atoms with Crippen LogP contribution >= 0.6 is 0 Å². The van der Waals surface area contributed by atoms with Crippen molar-refractivity contribution in [2.75, 3.05) is 9.80 Å². The normalized spacial score (nSPS) is 14.1. The Labute approximate surface area is 237 Å². The summed E-state index contributed by atoms with van der Waals surface area (Å²) in [4.78, 5) is 4.85. The Bertz CT molecular complexity index is 1960. The summed E-state index contributed by atoms with van der Waals surface area (Å²) in [6.45, 7) is 0.0324. The zero-order chi connectivity index (χ0) is 26.7. The van der Waals surface area contributed by atoms with Crippen LogP contribution in [0.1, 0.15) is 0 Å². The lowest BCUT2D eigenvalue weighted by molar-refractivity contribution is 0.477. The molecule has 0 unspecified atom stereocenters. The van der Waals surface area contributed by atoms with Gasteiger partial charge in [0.05, 0.1) is 22.7 Å². The van der Waals surface area contributed by atoms with Gasteiger partial charge in [-0.1, -0.05) is 78.9 Å². The van der Waals surface area contributed by atoms with Gasteiger partial charge in [0, 0.05) is 11.4 Å². The van der Waals surface area contributed by atoms with Crippen molar-refractivity contribution >= 4 is 57.2 Å². The molecule has 4 heterocycles. The van der Waals surface area contributed by atoms with Crippen molar-refractivity contribution in [2.45, 2.75) is 0 Å². The van der Waals surface area contributed by atoms with E-state index in [-0.39, 0.29) is 6.71 Å². The van der Waals surface area contributed by atoms with Crippen molar-refractivity contribution in [3.63, 3.8) is 0 Å². The Morgan fingerprint density at radius 2 is 0.902 bits per heavy atom. The number of anilines is 6. The Morgan fingerprint density at radius 1 is 0.415 bits per heavy atom. The van der Waals surface area contributed by atoms with Crippen LogP contribution in [0.25, 0.3) is 11.1 Å². The van der Waals surface area contributed by atoms with Gasteiger partial charge in [-0.2, -0.15) is 0 Å². The minimum atomic E-state index is 0.0324. The molecule has 0 saturated carbocycles. The molecule has 0 fully saturated rings. The Balaban J connectivity index is 1.38. The third kappa shape index (κ3) is 2.70. The first-order chi connectivity index (χ1) is 20.3. The fraction of sp³-hybridized carbons (Fsp3) is 0. The summed E-state index contributed by atoms with van der Waals surface area (Å²) in [6, 6.07) is 45.1. The second-order valence-corrected chi connectivity index (χ2v) is 10.9. The molecule has 0 N–H and O–H groups in total. The van der Waals surface area contributed by atoms with E-state index in [1.165, 1.54) is 38.9 Å². The van der Waals surface area contributed by atoms with Gasteiger partial charge in [-0.3, -0.25) is 0 Å². The number of benzene rings is 6. The van der Waals surface area contributed by atoms with Crippen LogP contribution in [0.5, 0.6) is 23.0 Å². The van der Waals surface area contributed by atoms with Gasteiger partial charge in [0.2, 0.25) is 0 Å². The average molecular weight is 524 g/mol. The molecule has 4 aliphatic rings. The van der Waals surface area contributed by atoms with E-state index in [4.69, 9.17) is 9.47 Å². The number of hydrogen-bond acceptors (Lipinski definition) is 4. The van der Waals surface area contributed by atoms with Crippen LogP contribution in [-0.4, -0.2) is 6.71 Å². The fourth-order valence-electron chi connectivity index (χ4n) is 7.19. The van der Waals surface area contributed by atoms with Crippen molar-refractivity contribution in [2.24, 2.45) is 0 Å². The largest absolute Gasteiger partial charge is 0.453 e. The van der Waals surface area contributed by atoms with Gasteiger partial charge >= 0.3 is 0 Å². The van der Waals surface area contributed by atoms with Crippen LogP contribution < -0.4 is 35.7 Å². The van der Waals surface area contributed by atoms with Crippen molar-refractivity contribution in [3.05, 3.63) is 127 Å². The van der Waals surface area contributed by atoms with E-state index in [9.17, 15) is 0 Å². The molecule has 0 atom stereocenters. The molecule has 10 rings (SSSR count). The Hall–Kier alpha value is -5.42. The zero-order valence-corrected chi connectivity index (χ0v) is 21.9. The standard InChI is InChI=1S/C36H21BN2O2/c1-2-10-22(11-3-1)23-20-28-34-29(21-23)39-27-15-5-7-17-31(27)41-33-19-9-13-25(36(33)39)37(34)24-12-8-18-32-35(24)38(28)26-14-4-6-16-30(26)40-32/h1-21H. The molecule has 190 valence electrons. The zero-order valence-electron chi connectivity index (χ0n) is 21.9. The second-order valence-electron chi connectivity index (χ2n) is 10.9. The number of hydrogen-bond donors (Lipinski definition) is 0. The van der Waals surface area contributed by atoms with Crippen LogP contribution in [0, 0.1) is 0 Å². The third-order valence-corrected chi connectivity index (χ3v) is 8.80. The highest BCUT2D eigenvalue weighted by atomic mass is 16.5. The van der Waals surface area contributed by atoms with E-state index in [2.05, 4.69) is 125 Å². The summed E-state index contributed by atoms with van der Waals surface area (Å²) in [5.74, 6) is 3.49. The molecule has 0 amide bonds. The first-order valence-corrected chi connectivity index (χ1v) is 14.0. The number of rotatable bonds is 1. The molecule has 5 heteroatoms. The first-order valence-electron chi connectivity index (χ1n) is 14.0. The quantitative estimate of drug-likeness (QED) is 0.206. The fourth-order valence-corrected chi connectivity index (χ4v) is 7.19. The monoisotopic (exact) mass is 524 g/mol. The molecular formula is C36H21BN2O2. The van der Waals surface area contributed by atoms with E-state index in [1.807, 2.05) is 12.1 Å². The Morgan fingerprint density at radius 3 is 1.46 bits per heavy atom. The number of para-hydroxylation sites is 6. The molecule has 0 saturated heterocycles. The number of fused-ring (bicyclic) bond motifs is 8. The Kier molecular flexibility index (Phi) is 3.98. The molecule has 4 nitrogen and oxygen atoms in total. The predicted octanol–water partition coefficient (Wildman–Crippen LogP) is 7.65. The maximum atomic E-state index is 6.53. The topological polar surface area (TPSA) is 24.9 Å². The van der Waals surface area contributed by atoms with Gasteiger partial charge in [0.25, 0.3) is 6.71 Å². The van der Waals surface area contributed by atoms with E-state index >= 15 is 0 Å². The lowest BCUT2D eigenvalue weighted by atomic mass is 9.33. The molecule has 6 aromatic rings. The van der Waals surface area contributed by atoms with Gasteiger partial charge in [0.15, 0.2) is 23.0 Å². The maximum absolute atomic E-state index is 6.53. The smallest absolute Gasteiger partial charge is 0.252 e. The number of ether oxygens (including phenoxy) is 2. The molecule has 0 bridgehead atoms. The van der Waals surface area contributed by atoms with Crippen LogP contribution in [0.2, 0.25) is 0 Å². The molecule has 41 heavy (non-hydrogen) atoms. The van der Waals surface area contributed by atoms with Gasteiger partial charge in [-0.15, -0.1) is 0 Å². The molecule has 6 aromatic carbocycles. The predicted molar refractivity (Wildman–Crippen MR) is 166 cm³/mol. The van der Waals surface area contributed by atoms with Crippen molar-refractivity contribution in [1.82, 2.24) is 0 Å². The lowest BCUT2D eigenvalue weighted by Gasteiger charge is -2.47. The molecule has 4 aliphatic heterocycles. The summed E-state index contributed by atoms with van der Waals surface area (Å²) in [6.07, 6.45) is 0. The lowest BCUT2D eigenvalue weighted by Crippen LogP contribution is -2.61. The van der Waals surface area contributed by atoms with Gasteiger partial charge < -0.3 is 19.3 Å². The molecular weight excluding hydrogens is 503 g/mol. The highest BCUT2D eigenvalue weighted by molar-refractivity contribution is 7.00. The first kappa shape index (κ1) is 21.4. The highest BCUT2D eigenvalue weighted by Crippen LogP contribution is 2.56. The van der Waals surface area contributed by atoms with Crippen LogP contribution in [-0.2, 0) is 0 Å². The highest BCUT2D eigenvalue weighted by Gasteiger charge is 2.47. The molecule has 0 spiro atoms. The van der Waals surface area contributed by atoms with Crippen molar-refractivity contribution in [3.8, 4) is 34.1 Å². The van der Waals surface area contributed by atoms with Crippen molar-refractivity contribution < 1.29 is 9.47 Å². The van der Waals surface area contributed by atoms with E-state index in [0.717, 1.165) is 45.7 Å². The van der Waals surface area contributed by atoms with Crippen molar-refractivity contribution in [1.29, 1.82) is 0 Å². The van der Waals surface area contributed by atoms with Crippen LogP contribution in [0.15, 0.2) is 127 Å². The van der Waals surface area contributed by atoms with Crippen LogP contribution in [0.3, 0.4) is 0 Å². The van der Waals surface area contributed by atoms with Gasteiger partial charge in [-0.05, 0) is 76.0 Å². The summed E-state index contributed by atoms with van der Waals surface area (Å²) < 4.78 is 13.1. The van der Waals surface area contributed by atoms with Gasteiger partial charge in [0.1, 0.15) is 0 Å². The summed E-state index contributed by atoms with van der Waals surface area (Å²) in [5, 5.41) is 0. The maximum Gasteiger partial charge on any atom is 0.252 e. The van der Waals surface area contributed by atoms with Gasteiger partial charge in [-0.25, -0.2) is 0 Å². The van der Waals surface area contributed by atoms with E-state index in [1.54, 1.807) is 0 Å². The minimum Gasteiger partial charge on any atom is -0.453 e. The summed E-state index contributed by atoms with van der Waals surface area (Å²) in [5.41, 5.74) is 12.8. The average Bonchev–Trinajstić information content (AvgIpc) is 3.03.